The third-order valence-electron chi connectivity index (χ3n) is 3.00. The van der Waals surface area contributed by atoms with Crippen LogP contribution < -0.4 is 5.73 Å². The molecule has 0 fully saturated rings. The largest absolute Gasteiger partial charge is 0.389 e. The fraction of sp³-hybridized carbons (Fsp3) is 0.357. The first-order chi connectivity index (χ1) is 9.13. The van der Waals surface area contributed by atoms with E-state index in [0.29, 0.717) is 4.99 Å². The maximum absolute atomic E-state index is 5.59. The van der Waals surface area contributed by atoms with Crippen LogP contribution in [0.15, 0.2) is 24.3 Å². The van der Waals surface area contributed by atoms with E-state index in [-0.39, 0.29) is 0 Å². The van der Waals surface area contributed by atoms with Gasteiger partial charge < -0.3 is 5.73 Å². The van der Waals surface area contributed by atoms with E-state index in [1.165, 1.54) is 5.56 Å². The first kappa shape index (κ1) is 13.7. The zero-order valence-electron chi connectivity index (χ0n) is 11.3. The van der Waals surface area contributed by atoms with Crippen LogP contribution in [0.3, 0.4) is 0 Å². The van der Waals surface area contributed by atoms with Crippen molar-refractivity contribution in [3.63, 3.8) is 0 Å². The molecule has 0 saturated heterocycles. The minimum atomic E-state index is 0.426. The number of rotatable bonds is 5. The summed E-state index contributed by atoms with van der Waals surface area (Å²) in [6.45, 7) is 4.89. The van der Waals surface area contributed by atoms with Crippen LogP contribution >= 0.6 is 12.2 Å². The van der Waals surface area contributed by atoms with Gasteiger partial charge in [0.2, 0.25) is 0 Å². The molecule has 19 heavy (non-hydrogen) atoms. The summed E-state index contributed by atoms with van der Waals surface area (Å²) in [5.41, 5.74) is 7.65. The predicted octanol–water partition coefficient (Wildman–Crippen LogP) is 2.09. The summed E-state index contributed by atoms with van der Waals surface area (Å²) in [6, 6.07) is 7.95. The molecular weight excluding hydrogens is 256 g/mol. The lowest BCUT2D eigenvalue weighted by molar-refractivity contribution is 0.637. The van der Waals surface area contributed by atoms with Crippen molar-refractivity contribution in [2.45, 2.75) is 33.2 Å². The van der Waals surface area contributed by atoms with Crippen LogP contribution in [0.25, 0.3) is 0 Å². The van der Waals surface area contributed by atoms with Gasteiger partial charge in [-0.2, -0.15) is 5.10 Å². The summed E-state index contributed by atoms with van der Waals surface area (Å²) in [5, 5.41) is 4.51. The van der Waals surface area contributed by atoms with Crippen molar-refractivity contribution < 1.29 is 0 Å². The molecule has 0 atom stereocenters. The molecule has 4 nitrogen and oxygen atoms in total. The average molecular weight is 274 g/mol. The van der Waals surface area contributed by atoms with Gasteiger partial charge in [-0.3, -0.25) is 0 Å². The van der Waals surface area contributed by atoms with Crippen LogP contribution in [0.4, 0.5) is 0 Å². The van der Waals surface area contributed by atoms with Crippen molar-refractivity contribution in [1.82, 2.24) is 14.8 Å². The van der Waals surface area contributed by atoms with Gasteiger partial charge in [0.15, 0.2) is 5.82 Å². The molecule has 0 aliphatic heterocycles. The first-order valence-corrected chi connectivity index (χ1v) is 6.86. The summed E-state index contributed by atoms with van der Waals surface area (Å²) in [7, 11) is 0. The van der Waals surface area contributed by atoms with Gasteiger partial charge in [-0.25, -0.2) is 9.67 Å². The Balaban J connectivity index is 2.20. The zero-order chi connectivity index (χ0) is 13.8. The monoisotopic (exact) mass is 274 g/mol. The number of nitrogens with two attached hydrogens (primary N) is 1. The van der Waals surface area contributed by atoms with Gasteiger partial charge in [0.25, 0.3) is 0 Å². The normalized spacial score (nSPS) is 10.6. The SMILES string of the molecule is CCc1nc(CC)n(Cc2ccc(C(N)=S)cc2)n1. The molecule has 2 N–H and O–H groups in total. The minimum Gasteiger partial charge on any atom is -0.389 e. The van der Waals surface area contributed by atoms with Crippen molar-refractivity contribution in [2.24, 2.45) is 5.73 Å². The Labute approximate surface area is 118 Å². The number of hydrogen-bond donors (Lipinski definition) is 1. The molecule has 5 heteroatoms. The molecule has 1 aromatic carbocycles. The third kappa shape index (κ3) is 3.17. The highest BCUT2D eigenvalue weighted by Crippen LogP contribution is 2.09. The van der Waals surface area contributed by atoms with Crippen LogP contribution in [0.5, 0.6) is 0 Å². The van der Waals surface area contributed by atoms with E-state index in [4.69, 9.17) is 18.0 Å². The molecule has 2 aromatic rings. The molecule has 2 rings (SSSR count). The van der Waals surface area contributed by atoms with Crippen molar-refractivity contribution in [1.29, 1.82) is 0 Å². The van der Waals surface area contributed by atoms with Gasteiger partial charge >= 0.3 is 0 Å². The highest BCUT2D eigenvalue weighted by molar-refractivity contribution is 7.80. The molecule has 0 spiro atoms. The van der Waals surface area contributed by atoms with Crippen molar-refractivity contribution in [3.8, 4) is 0 Å². The molecule has 0 bridgehead atoms. The quantitative estimate of drug-likeness (QED) is 0.848. The molecular formula is C14H18N4S. The number of aryl methyl sites for hydroxylation is 2. The Morgan fingerprint density at radius 1 is 1.21 bits per heavy atom. The zero-order valence-corrected chi connectivity index (χ0v) is 12.1. The number of hydrogen-bond acceptors (Lipinski definition) is 3. The van der Waals surface area contributed by atoms with Crippen LogP contribution in [0.1, 0.15) is 36.6 Å². The minimum absolute atomic E-state index is 0.426. The Morgan fingerprint density at radius 3 is 2.42 bits per heavy atom. The summed E-state index contributed by atoms with van der Waals surface area (Å²) in [5.74, 6) is 1.92. The molecule has 100 valence electrons. The molecule has 0 aliphatic rings. The van der Waals surface area contributed by atoms with E-state index in [9.17, 15) is 0 Å². The Morgan fingerprint density at radius 2 is 1.89 bits per heavy atom. The molecule has 1 aromatic heterocycles. The smallest absolute Gasteiger partial charge is 0.150 e. The number of aromatic nitrogens is 3. The van der Waals surface area contributed by atoms with Gasteiger partial charge in [-0.05, 0) is 5.56 Å². The fourth-order valence-corrected chi connectivity index (χ4v) is 2.05. The van der Waals surface area contributed by atoms with Gasteiger partial charge in [0.05, 0.1) is 6.54 Å². The van der Waals surface area contributed by atoms with Gasteiger partial charge in [-0.1, -0.05) is 50.3 Å². The second-order valence-corrected chi connectivity index (χ2v) is 4.81. The maximum atomic E-state index is 5.59. The Hall–Kier alpha value is -1.75. The van der Waals surface area contributed by atoms with E-state index in [1.807, 2.05) is 28.9 Å². The Kier molecular flexibility index (Phi) is 4.27. The van der Waals surface area contributed by atoms with E-state index in [1.54, 1.807) is 0 Å². The van der Waals surface area contributed by atoms with Crippen LogP contribution in [0, 0.1) is 0 Å². The summed E-state index contributed by atoms with van der Waals surface area (Å²) < 4.78 is 1.97. The van der Waals surface area contributed by atoms with Gasteiger partial charge in [-0.15, -0.1) is 0 Å². The van der Waals surface area contributed by atoms with Crippen molar-refractivity contribution in [2.75, 3.05) is 0 Å². The molecule has 0 amide bonds. The summed E-state index contributed by atoms with van der Waals surface area (Å²) in [4.78, 5) is 4.93. The predicted molar refractivity (Wildman–Crippen MR) is 80.2 cm³/mol. The van der Waals surface area contributed by atoms with Crippen molar-refractivity contribution >= 4 is 17.2 Å². The fourth-order valence-electron chi connectivity index (χ4n) is 1.91. The lowest BCUT2D eigenvalue weighted by Crippen LogP contribution is -2.10. The molecule has 0 unspecified atom stereocenters. The van der Waals surface area contributed by atoms with Gasteiger partial charge in [0.1, 0.15) is 10.8 Å². The number of thiocarbonyl (C=S) groups is 1. The standard InChI is InChI=1S/C14H18N4S/c1-3-12-16-13(4-2)18(17-12)9-10-5-7-11(8-6-10)14(15)19/h5-8H,3-4,9H2,1-2H3,(H2,15,19). The van der Waals surface area contributed by atoms with Gasteiger partial charge in [0, 0.05) is 18.4 Å². The number of nitrogens with zero attached hydrogens (tertiary/aromatic N) is 3. The Bertz CT molecular complexity index is 572. The van der Waals surface area contributed by atoms with Crippen LogP contribution in [-0.4, -0.2) is 19.8 Å². The van der Waals surface area contributed by atoms with Crippen LogP contribution in [-0.2, 0) is 19.4 Å². The highest BCUT2D eigenvalue weighted by atomic mass is 32.1. The molecule has 0 aliphatic carbocycles. The van der Waals surface area contributed by atoms with E-state index >= 15 is 0 Å². The van der Waals surface area contributed by atoms with E-state index in [2.05, 4.69) is 23.9 Å². The third-order valence-corrected chi connectivity index (χ3v) is 3.23. The second kappa shape index (κ2) is 5.93. The lowest BCUT2D eigenvalue weighted by atomic mass is 10.1. The molecule has 0 radical (unpaired) electrons. The van der Waals surface area contributed by atoms with Crippen molar-refractivity contribution in [3.05, 3.63) is 47.0 Å². The number of benzene rings is 1. The van der Waals surface area contributed by atoms with E-state index < -0.39 is 0 Å². The summed E-state index contributed by atoms with van der Waals surface area (Å²) >= 11 is 4.94. The summed E-state index contributed by atoms with van der Waals surface area (Å²) in [6.07, 6.45) is 1.75. The molecule has 0 saturated carbocycles. The topological polar surface area (TPSA) is 56.7 Å². The van der Waals surface area contributed by atoms with E-state index in [0.717, 1.165) is 36.6 Å². The first-order valence-electron chi connectivity index (χ1n) is 6.45. The maximum Gasteiger partial charge on any atom is 0.150 e. The lowest BCUT2D eigenvalue weighted by Gasteiger charge is -2.05. The average Bonchev–Trinajstić information content (AvgIpc) is 2.81. The molecule has 1 heterocycles. The second-order valence-electron chi connectivity index (χ2n) is 4.37. The highest BCUT2D eigenvalue weighted by Gasteiger charge is 2.07. The van der Waals surface area contributed by atoms with Crippen LogP contribution in [0.2, 0.25) is 0 Å².